The summed E-state index contributed by atoms with van der Waals surface area (Å²) < 4.78 is 6.02. The molecule has 4 heteroatoms. The van der Waals surface area contributed by atoms with Gasteiger partial charge in [-0.05, 0) is 43.1 Å². The van der Waals surface area contributed by atoms with E-state index in [9.17, 15) is 0 Å². The average molecular weight is 281 g/mol. The van der Waals surface area contributed by atoms with Crippen molar-refractivity contribution in [3.05, 3.63) is 28.8 Å². The van der Waals surface area contributed by atoms with Gasteiger partial charge in [0.15, 0.2) is 0 Å². The van der Waals surface area contributed by atoms with Crippen LogP contribution in [0.5, 0.6) is 5.75 Å². The van der Waals surface area contributed by atoms with E-state index in [1.165, 1.54) is 24.8 Å². The smallest absolute Gasteiger partial charge is 0.123 e. The SMILES string of the molecule is NCC1CCCCN1CC1Cc2cc(Cl)ccc2O1. The Labute approximate surface area is 119 Å². The van der Waals surface area contributed by atoms with Crippen molar-refractivity contribution in [3.63, 3.8) is 0 Å². The molecule has 1 saturated heterocycles. The van der Waals surface area contributed by atoms with Crippen molar-refractivity contribution in [2.24, 2.45) is 5.73 Å². The molecule has 0 aliphatic carbocycles. The third kappa shape index (κ3) is 2.88. The van der Waals surface area contributed by atoms with E-state index >= 15 is 0 Å². The molecule has 2 N–H and O–H groups in total. The maximum Gasteiger partial charge on any atom is 0.123 e. The number of piperidine rings is 1. The van der Waals surface area contributed by atoms with Crippen molar-refractivity contribution >= 4 is 11.6 Å². The first-order valence-electron chi connectivity index (χ1n) is 7.15. The largest absolute Gasteiger partial charge is 0.488 e. The lowest BCUT2D eigenvalue weighted by atomic mass is 10.0. The van der Waals surface area contributed by atoms with E-state index in [0.29, 0.717) is 6.04 Å². The molecule has 3 rings (SSSR count). The summed E-state index contributed by atoms with van der Waals surface area (Å²) in [6.07, 6.45) is 5.02. The van der Waals surface area contributed by atoms with Gasteiger partial charge in [0.25, 0.3) is 0 Å². The first-order valence-corrected chi connectivity index (χ1v) is 7.53. The van der Waals surface area contributed by atoms with Gasteiger partial charge in [0, 0.05) is 30.6 Å². The maximum absolute atomic E-state index is 6.03. The highest BCUT2D eigenvalue weighted by Gasteiger charge is 2.28. The summed E-state index contributed by atoms with van der Waals surface area (Å²) >= 11 is 6.03. The van der Waals surface area contributed by atoms with Gasteiger partial charge < -0.3 is 10.5 Å². The molecular formula is C15H21ClN2O. The monoisotopic (exact) mass is 280 g/mol. The molecule has 3 nitrogen and oxygen atoms in total. The Morgan fingerprint density at radius 2 is 2.26 bits per heavy atom. The highest BCUT2D eigenvalue weighted by atomic mass is 35.5. The molecule has 1 fully saturated rings. The van der Waals surface area contributed by atoms with Crippen LogP contribution in [-0.2, 0) is 6.42 Å². The summed E-state index contributed by atoms with van der Waals surface area (Å²) in [6, 6.07) is 6.43. The van der Waals surface area contributed by atoms with Crippen molar-refractivity contribution in [3.8, 4) is 5.75 Å². The average Bonchev–Trinajstić information content (AvgIpc) is 2.80. The van der Waals surface area contributed by atoms with Crippen LogP contribution in [0.25, 0.3) is 0 Å². The third-order valence-electron chi connectivity index (χ3n) is 4.22. The lowest BCUT2D eigenvalue weighted by molar-refractivity contribution is 0.0935. The number of benzene rings is 1. The van der Waals surface area contributed by atoms with Crippen molar-refractivity contribution in [2.45, 2.75) is 37.8 Å². The van der Waals surface area contributed by atoms with Crippen LogP contribution in [0.4, 0.5) is 0 Å². The zero-order valence-corrected chi connectivity index (χ0v) is 11.9. The molecule has 1 aromatic carbocycles. The molecule has 0 aromatic heterocycles. The Morgan fingerprint density at radius 3 is 3.11 bits per heavy atom. The molecular weight excluding hydrogens is 260 g/mol. The number of nitrogens with zero attached hydrogens (tertiary/aromatic N) is 1. The van der Waals surface area contributed by atoms with Crippen LogP contribution in [0.3, 0.4) is 0 Å². The molecule has 0 saturated carbocycles. The Bertz CT molecular complexity index is 452. The van der Waals surface area contributed by atoms with Crippen molar-refractivity contribution in [1.29, 1.82) is 0 Å². The van der Waals surface area contributed by atoms with E-state index < -0.39 is 0 Å². The van der Waals surface area contributed by atoms with E-state index in [2.05, 4.69) is 4.90 Å². The number of ether oxygens (including phenoxy) is 1. The summed E-state index contributed by atoms with van der Waals surface area (Å²) in [4.78, 5) is 2.50. The first-order chi connectivity index (χ1) is 9.26. The third-order valence-corrected chi connectivity index (χ3v) is 4.46. The van der Waals surface area contributed by atoms with Crippen LogP contribution >= 0.6 is 11.6 Å². The number of nitrogens with two attached hydrogens (primary N) is 1. The van der Waals surface area contributed by atoms with Gasteiger partial charge in [0.1, 0.15) is 11.9 Å². The van der Waals surface area contributed by atoms with Crippen LogP contribution in [0.15, 0.2) is 18.2 Å². The molecule has 0 radical (unpaired) electrons. The van der Waals surface area contributed by atoms with E-state index in [1.54, 1.807) is 0 Å². The molecule has 2 heterocycles. The van der Waals surface area contributed by atoms with E-state index in [1.807, 2.05) is 18.2 Å². The number of hydrogen-bond acceptors (Lipinski definition) is 3. The Kier molecular flexibility index (Phi) is 3.96. The van der Waals surface area contributed by atoms with Crippen LogP contribution in [-0.4, -0.2) is 36.7 Å². The molecule has 0 bridgehead atoms. The zero-order chi connectivity index (χ0) is 13.2. The zero-order valence-electron chi connectivity index (χ0n) is 11.1. The van der Waals surface area contributed by atoms with Gasteiger partial charge in [-0.15, -0.1) is 0 Å². The van der Waals surface area contributed by atoms with Crippen LogP contribution in [0, 0.1) is 0 Å². The normalized spacial score (nSPS) is 27.1. The van der Waals surface area contributed by atoms with E-state index in [-0.39, 0.29) is 6.10 Å². The minimum Gasteiger partial charge on any atom is -0.488 e. The highest BCUT2D eigenvalue weighted by Crippen LogP contribution is 2.32. The highest BCUT2D eigenvalue weighted by molar-refractivity contribution is 6.30. The van der Waals surface area contributed by atoms with Crippen molar-refractivity contribution in [2.75, 3.05) is 19.6 Å². The fourth-order valence-electron chi connectivity index (χ4n) is 3.22. The lowest BCUT2D eigenvalue weighted by Crippen LogP contribution is -2.48. The number of hydrogen-bond donors (Lipinski definition) is 1. The molecule has 1 aromatic rings. The summed E-state index contributed by atoms with van der Waals surface area (Å²) in [5.41, 5.74) is 7.11. The summed E-state index contributed by atoms with van der Waals surface area (Å²) in [7, 11) is 0. The second-order valence-corrected chi connectivity index (χ2v) is 6.01. The van der Waals surface area contributed by atoms with Crippen LogP contribution in [0.1, 0.15) is 24.8 Å². The van der Waals surface area contributed by atoms with Gasteiger partial charge in [0.2, 0.25) is 0 Å². The summed E-state index contributed by atoms with van der Waals surface area (Å²) in [5, 5.41) is 0.792. The number of halogens is 1. The minimum atomic E-state index is 0.251. The van der Waals surface area contributed by atoms with Gasteiger partial charge in [-0.1, -0.05) is 18.0 Å². The molecule has 2 aliphatic rings. The topological polar surface area (TPSA) is 38.5 Å². The molecule has 0 amide bonds. The second-order valence-electron chi connectivity index (χ2n) is 5.58. The Balaban J connectivity index is 1.63. The predicted molar refractivity (Wildman–Crippen MR) is 77.8 cm³/mol. The van der Waals surface area contributed by atoms with Crippen LogP contribution in [0.2, 0.25) is 5.02 Å². The minimum absolute atomic E-state index is 0.251. The Morgan fingerprint density at radius 1 is 1.37 bits per heavy atom. The van der Waals surface area contributed by atoms with E-state index in [4.69, 9.17) is 22.1 Å². The summed E-state index contributed by atoms with van der Waals surface area (Å²) in [6.45, 7) is 2.89. The molecule has 0 spiro atoms. The standard InChI is InChI=1S/C15H21ClN2O/c16-12-4-5-15-11(7-12)8-14(19-15)10-18-6-2-1-3-13(18)9-17/h4-5,7,13-14H,1-3,6,8-10,17H2. The number of likely N-dealkylation sites (tertiary alicyclic amines) is 1. The lowest BCUT2D eigenvalue weighted by Gasteiger charge is -2.36. The molecule has 2 atom stereocenters. The molecule has 2 aliphatic heterocycles. The van der Waals surface area contributed by atoms with Crippen molar-refractivity contribution < 1.29 is 4.74 Å². The fourth-order valence-corrected chi connectivity index (χ4v) is 3.41. The second kappa shape index (κ2) is 5.70. The summed E-state index contributed by atoms with van der Waals surface area (Å²) in [5.74, 6) is 0.996. The number of fused-ring (bicyclic) bond motifs is 1. The quantitative estimate of drug-likeness (QED) is 0.924. The van der Waals surface area contributed by atoms with Gasteiger partial charge in [0.05, 0.1) is 0 Å². The number of rotatable bonds is 3. The molecule has 104 valence electrons. The van der Waals surface area contributed by atoms with Gasteiger partial charge >= 0.3 is 0 Å². The first kappa shape index (κ1) is 13.2. The van der Waals surface area contributed by atoms with Gasteiger partial charge in [-0.25, -0.2) is 0 Å². The fraction of sp³-hybridized carbons (Fsp3) is 0.600. The molecule has 19 heavy (non-hydrogen) atoms. The van der Waals surface area contributed by atoms with Gasteiger partial charge in [-0.2, -0.15) is 0 Å². The van der Waals surface area contributed by atoms with Crippen molar-refractivity contribution in [1.82, 2.24) is 4.90 Å². The van der Waals surface area contributed by atoms with E-state index in [0.717, 1.165) is 36.8 Å². The van der Waals surface area contributed by atoms with Crippen LogP contribution < -0.4 is 10.5 Å². The molecule has 2 unspecified atom stereocenters. The predicted octanol–water partition coefficient (Wildman–Crippen LogP) is 2.46. The maximum atomic E-state index is 6.03. The Hall–Kier alpha value is -0.770. The van der Waals surface area contributed by atoms with Gasteiger partial charge in [-0.3, -0.25) is 4.90 Å².